The predicted octanol–water partition coefficient (Wildman–Crippen LogP) is 3.44. The fraction of sp³-hybridized carbons (Fsp3) is 0.320. The summed E-state index contributed by atoms with van der Waals surface area (Å²) in [6.45, 7) is 1.76. The van der Waals surface area contributed by atoms with Crippen molar-refractivity contribution < 1.29 is 28.6 Å². The molecule has 1 heterocycles. The van der Waals surface area contributed by atoms with E-state index in [2.05, 4.69) is 5.32 Å². The van der Waals surface area contributed by atoms with Crippen molar-refractivity contribution in [2.75, 3.05) is 38.5 Å². The molecule has 1 aliphatic heterocycles. The highest BCUT2D eigenvalue weighted by atomic mass is 35.5. The van der Waals surface area contributed by atoms with Gasteiger partial charge in [0.2, 0.25) is 17.2 Å². The molecule has 3 N–H and O–H groups in total. The molecule has 35 heavy (non-hydrogen) atoms. The van der Waals surface area contributed by atoms with Crippen LogP contribution in [0.15, 0.2) is 36.0 Å². The topological polar surface area (TPSA) is 120 Å². The summed E-state index contributed by atoms with van der Waals surface area (Å²) in [4.78, 5) is 40.7. The molecule has 0 aromatic heterocycles. The quantitative estimate of drug-likeness (QED) is 0.580. The first-order chi connectivity index (χ1) is 16.5. The van der Waals surface area contributed by atoms with Gasteiger partial charge in [-0.15, -0.1) is 0 Å². The number of methoxy groups -OCH3 is 2. The van der Waals surface area contributed by atoms with Gasteiger partial charge in [0.05, 0.1) is 19.8 Å². The van der Waals surface area contributed by atoms with Crippen LogP contribution in [0, 0.1) is 5.92 Å². The summed E-state index contributed by atoms with van der Waals surface area (Å²) in [6.07, 6.45) is 1.68. The number of allylic oxidation sites excluding steroid dienone is 1. The van der Waals surface area contributed by atoms with Crippen LogP contribution in [0.5, 0.6) is 17.2 Å². The number of amides is 1. The van der Waals surface area contributed by atoms with Crippen molar-refractivity contribution in [1.82, 2.24) is 0 Å². The largest absolute Gasteiger partial charge is 0.496 e. The predicted molar refractivity (Wildman–Crippen MR) is 132 cm³/mol. The second-order valence-electron chi connectivity index (χ2n) is 8.72. The van der Waals surface area contributed by atoms with Crippen LogP contribution in [0.1, 0.15) is 34.1 Å². The molecule has 4 rings (SSSR count). The zero-order valence-corrected chi connectivity index (χ0v) is 20.8. The lowest BCUT2D eigenvalue weighted by molar-refractivity contribution is -0.129. The molecule has 0 saturated carbocycles. The van der Waals surface area contributed by atoms with Gasteiger partial charge < -0.3 is 30.2 Å². The Bertz CT molecular complexity index is 1290. The third-order valence-corrected chi connectivity index (χ3v) is 6.72. The zero-order chi connectivity index (χ0) is 25.7. The van der Waals surface area contributed by atoms with Crippen LogP contribution in [0.25, 0.3) is 0 Å². The highest BCUT2D eigenvalue weighted by Crippen LogP contribution is 2.53. The van der Waals surface area contributed by atoms with Crippen molar-refractivity contribution in [2.45, 2.75) is 18.9 Å². The second-order valence-corrected chi connectivity index (χ2v) is 9.10. The molecule has 0 bridgehead atoms. The van der Waals surface area contributed by atoms with Crippen molar-refractivity contribution in [1.29, 1.82) is 0 Å². The van der Waals surface area contributed by atoms with Crippen LogP contribution in [-0.2, 0) is 4.79 Å². The number of hydrogen-bond acceptors (Lipinski definition) is 8. The fourth-order valence-electron chi connectivity index (χ4n) is 4.60. The van der Waals surface area contributed by atoms with Gasteiger partial charge in [0, 0.05) is 49.2 Å². The summed E-state index contributed by atoms with van der Waals surface area (Å²) in [5, 5.41) is 3.27. The molecule has 2 atom stereocenters. The highest BCUT2D eigenvalue weighted by Gasteiger charge is 2.60. The number of halogens is 1. The third kappa shape index (κ3) is 3.76. The number of carbonyl (C=O) groups is 3. The number of nitrogens with one attached hydrogen (secondary N) is 1. The summed E-state index contributed by atoms with van der Waals surface area (Å²) >= 11 is 6.42. The summed E-state index contributed by atoms with van der Waals surface area (Å²) in [6, 6.07) is 6.67. The molecule has 1 amide bonds. The molecule has 2 aromatic rings. The number of hydrogen-bond donors (Lipinski definition) is 2. The van der Waals surface area contributed by atoms with Gasteiger partial charge in [0.15, 0.2) is 5.75 Å². The van der Waals surface area contributed by atoms with E-state index in [1.807, 2.05) is 14.1 Å². The van der Waals surface area contributed by atoms with Crippen molar-refractivity contribution in [3.05, 3.63) is 52.2 Å². The van der Waals surface area contributed by atoms with E-state index in [4.69, 9.17) is 31.5 Å². The van der Waals surface area contributed by atoms with Crippen molar-refractivity contribution in [2.24, 2.45) is 11.7 Å². The molecule has 0 radical (unpaired) electrons. The Hall–Kier alpha value is -3.72. The molecule has 184 valence electrons. The molecular formula is C25H26ClN3O6. The Kier molecular flexibility index (Phi) is 6.14. The van der Waals surface area contributed by atoms with Crippen LogP contribution in [0.2, 0.25) is 5.02 Å². The Morgan fingerprint density at radius 3 is 2.46 bits per heavy atom. The van der Waals surface area contributed by atoms with E-state index in [-0.39, 0.29) is 27.8 Å². The number of ether oxygens (including phenoxy) is 3. The lowest BCUT2D eigenvalue weighted by Crippen LogP contribution is -2.55. The van der Waals surface area contributed by atoms with Crippen LogP contribution in [-0.4, -0.2) is 51.4 Å². The van der Waals surface area contributed by atoms with E-state index in [0.29, 0.717) is 29.1 Å². The molecule has 2 aliphatic rings. The fourth-order valence-corrected chi connectivity index (χ4v) is 4.87. The number of carbonyl (C=O) groups excluding carboxylic acids is 3. The number of anilines is 2. The van der Waals surface area contributed by atoms with Crippen molar-refractivity contribution >= 4 is 40.4 Å². The normalized spacial score (nSPS) is 20.7. The summed E-state index contributed by atoms with van der Waals surface area (Å²) in [5.74, 6) is -1.56. The van der Waals surface area contributed by atoms with Gasteiger partial charge in [-0.2, -0.15) is 0 Å². The van der Waals surface area contributed by atoms with Gasteiger partial charge in [-0.1, -0.05) is 18.5 Å². The van der Waals surface area contributed by atoms with Gasteiger partial charge in [-0.05, 0) is 24.6 Å². The minimum Gasteiger partial charge on any atom is -0.496 e. The maximum atomic E-state index is 13.6. The minimum atomic E-state index is -1.76. The average molecular weight is 500 g/mol. The Balaban J connectivity index is 1.69. The van der Waals surface area contributed by atoms with Crippen LogP contribution in [0.4, 0.5) is 11.4 Å². The second kappa shape index (κ2) is 8.81. The number of ketones is 2. The number of benzene rings is 2. The molecule has 9 nitrogen and oxygen atoms in total. The van der Waals surface area contributed by atoms with Crippen LogP contribution < -0.4 is 30.2 Å². The maximum Gasteiger partial charge on any atom is 0.250 e. The van der Waals surface area contributed by atoms with Crippen molar-refractivity contribution in [3.8, 4) is 17.2 Å². The maximum absolute atomic E-state index is 13.6. The Morgan fingerprint density at radius 2 is 1.89 bits per heavy atom. The summed E-state index contributed by atoms with van der Waals surface area (Å²) < 4.78 is 16.7. The smallest absolute Gasteiger partial charge is 0.250 e. The van der Waals surface area contributed by atoms with Gasteiger partial charge in [0.25, 0.3) is 5.91 Å². The molecule has 0 saturated heterocycles. The molecule has 1 aliphatic carbocycles. The number of fused-ring (bicyclic) bond motifs is 1. The number of Topliss-reactive ketones (excluding diaryl/α,β-unsaturated/α-hetero) is 1. The van der Waals surface area contributed by atoms with Crippen LogP contribution >= 0.6 is 11.6 Å². The molecule has 10 heteroatoms. The lowest BCUT2D eigenvalue weighted by Gasteiger charge is -2.35. The third-order valence-electron chi connectivity index (χ3n) is 6.36. The number of rotatable bonds is 6. The average Bonchev–Trinajstić information content (AvgIpc) is 3.12. The van der Waals surface area contributed by atoms with Gasteiger partial charge >= 0.3 is 0 Å². The molecular weight excluding hydrogens is 474 g/mol. The van der Waals surface area contributed by atoms with E-state index >= 15 is 0 Å². The lowest BCUT2D eigenvalue weighted by atomic mass is 9.74. The number of nitrogens with zero attached hydrogens (tertiary/aromatic N) is 1. The SMILES string of the molecule is COc1cc(OC)c2c(c1Cl)O[C@@]1(C(=O)C=C(Nc3ccc(N(C)C)c(C(N)=O)c3)C[C@H]1C)C2=O. The molecule has 0 fully saturated rings. The van der Waals surface area contributed by atoms with Crippen molar-refractivity contribution in [3.63, 3.8) is 0 Å². The molecule has 0 unspecified atom stereocenters. The summed E-state index contributed by atoms with van der Waals surface area (Å²) in [5.41, 5.74) is 6.08. The number of nitrogens with two attached hydrogens (primary N) is 1. The first-order valence-corrected chi connectivity index (χ1v) is 11.2. The zero-order valence-electron chi connectivity index (χ0n) is 20.0. The molecule has 1 spiro atoms. The Labute approximate surface area is 207 Å². The van der Waals surface area contributed by atoms with Crippen LogP contribution in [0.3, 0.4) is 0 Å². The van der Waals surface area contributed by atoms with Gasteiger partial charge in [-0.3, -0.25) is 14.4 Å². The number of primary amides is 1. The summed E-state index contributed by atoms with van der Waals surface area (Å²) in [7, 11) is 6.47. The van der Waals surface area contributed by atoms with E-state index in [1.165, 1.54) is 26.4 Å². The molecule has 2 aromatic carbocycles. The monoisotopic (exact) mass is 499 g/mol. The van der Waals surface area contributed by atoms with E-state index in [0.717, 1.165) is 0 Å². The minimum absolute atomic E-state index is 0.0725. The van der Waals surface area contributed by atoms with E-state index in [1.54, 1.807) is 30.0 Å². The van der Waals surface area contributed by atoms with E-state index < -0.39 is 29.0 Å². The standard InChI is InChI=1S/C25H26ClN3O6/c1-12-8-14(28-13-6-7-16(29(2)3)15(9-13)24(27)32)10-19(30)25(12)23(31)20-17(33-4)11-18(34-5)21(26)22(20)35-25/h6-7,9-12,28H,8H2,1-5H3,(H2,27,32)/t12-,25+/m1/s1. The highest BCUT2D eigenvalue weighted by molar-refractivity contribution is 6.36. The van der Waals surface area contributed by atoms with E-state index in [9.17, 15) is 14.4 Å². The first kappa shape index (κ1) is 24.4. The van der Waals surface area contributed by atoms with Gasteiger partial charge in [-0.25, -0.2) is 0 Å². The Morgan fingerprint density at radius 1 is 1.20 bits per heavy atom. The van der Waals surface area contributed by atoms with Gasteiger partial charge in [0.1, 0.15) is 22.1 Å². The first-order valence-electron chi connectivity index (χ1n) is 10.9.